The van der Waals surface area contributed by atoms with Gasteiger partial charge in [0, 0.05) is 12.3 Å². The van der Waals surface area contributed by atoms with Crippen molar-refractivity contribution in [3.05, 3.63) is 0 Å². The Bertz CT molecular complexity index is 142. The molecule has 0 fully saturated rings. The Morgan fingerprint density at radius 3 is 3.22 bits per heavy atom. The lowest BCUT2D eigenvalue weighted by molar-refractivity contribution is -0.121. The van der Waals surface area contributed by atoms with Crippen molar-refractivity contribution in [3.63, 3.8) is 0 Å². The maximum absolute atomic E-state index is 10.6. The van der Waals surface area contributed by atoms with Crippen molar-refractivity contribution < 1.29 is 4.79 Å². The van der Waals surface area contributed by atoms with E-state index in [1.807, 2.05) is 6.92 Å². The largest absolute Gasteiger partial charge is 0.273 e. The minimum absolute atomic E-state index is 0.000556. The number of carbonyl (C=O) groups excluding carboxylic acids is 1. The van der Waals surface area contributed by atoms with Gasteiger partial charge in [-0.3, -0.25) is 4.79 Å². The summed E-state index contributed by atoms with van der Waals surface area (Å²) in [6.45, 7) is 2.02. The Balaban J connectivity index is 2.49. The molecule has 9 heavy (non-hydrogen) atoms. The second kappa shape index (κ2) is 2.62. The molecule has 1 aliphatic heterocycles. The molecule has 1 heterocycles. The molecule has 49 valence electrons. The number of amides is 1. The third-order valence-electron chi connectivity index (χ3n) is 1.35. The van der Waals surface area contributed by atoms with Gasteiger partial charge in [-0.25, -0.2) is 5.43 Å². The molecule has 0 bridgehead atoms. The summed E-state index contributed by atoms with van der Waals surface area (Å²) < 4.78 is 0. The molecule has 1 atom stereocenters. The highest BCUT2D eigenvalue weighted by Gasteiger charge is 2.13. The monoisotopic (exact) mass is 125 g/mol. The van der Waals surface area contributed by atoms with Gasteiger partial charge in [0.25, 0.3) is 0 Å². The molecule has 0 aromatic carbocycles. The molecule has 0 aromatic heterocycles. The third kappa shape index (κ3) is 1.52. The highest BCUT2D eigenvalue weighted by atomic mass is 16.2. The number of carbonyl (C=O) groups is 1. The van der Waals surface area contributed by atoms with Gasteiger partial charge in [-0.15, -0.1) is 0 Å². The molecule has 1 N–H and O–H groups in total. The minimum atomic E-state index is 0.000556. The third-order valence-corrected chi connectivity index (χ3v) is 1.35. The molecule has 1 radical (unpaired) electrons. The smallest absolute Gasteiger partial charge is 0.240 e. The first-order valence-corrected chi connectivity index (χ1v) is 3.07. The number of nitrogens with one attached hydrogen (secondary N) is 1. The van der Waals surface area contributed by atoms with E-state index in [4.69, 9.17) is 0 Å². The van der Waals surface area contributed by atoms with Gasteiger partial charge < -0.3 is 0 Å². The van der Waals surface area contributed by atoms with E-state index in [0.29, 0.717) is 6.42 Å². The summed E-state index contributed by atoms with van der Waals surface area (Å²) in [6, 6.07) is 0. The van der Waals surface area contributed by atoms with E-state index in [2.05, 4.69) is 16.7 Å². The van der Waals surface area contributed by atoms with Crippen LogP contribution in [-0.2, 0) is 4.79 Å². The standard InChI is InChI=1S/C6H9N2O/c1-2-5-3-6(9)8-7-4-5/h5H,2-3H2,1H3,(H,8,9). The van der Waals surface area contributed by atoms with Crippen LogP contribution in [0.1, 0.15) is 19.8 Å². The van der Waals surface area contributed by atoms with E-state index >= 15 is 0 Å². The molecule has 0 spiro atoms. The molecular weight excluding hydrogens is 116 g/mol. The Morgan fingerprint density at radius 1 is 2.00 bits per heavy atom. The van der Waals surface area contributed by atoms with Gasteiger partial charge in [0.2, 0.25) is 5.91 Å². The van der Waals surface area contributed by atoms with E-state index in [1.165, 1.54) is 0 Å². The predicted molar refractivity (Wildman–Crippen MR) is 34.0 cm³/mol. The molecule has 1 amide bonds. The maximum atomic E-state index is 10.6. The lowest BCUT2D eigenvalue weighted by atomic mass is 10.0. The number of rotatable bonds is 1. The number of hydrogen-bond donors (Lipinski definition) is 1. The van der Waals surface area contributed by atoms with E-state index in [9.17, 15) is 4.79 Å². The first-order chi connectivity index (χ1) is 4.33. The second-order valence-electron chi connectivity index (χ2n) is 2.09. The molecule has 1 rings (SSSR count). The zero-order valence-corrected chi connectivity index (χ0v) is 5.35. The Morgan fingerprint density at radius 2 is 2.78 bits per heavy atom. The summed E-state index contributed by atoms with van der Waals surface area (Å²) in [5, 5.41) is 3.56. The second-order valence-corrected chi connectivity index (χ2v) is 2.09. The normalized spacial score (nSPS) is 25.9. The summed E-state index contributed by atoms with van der Waals surface area (Å²) in [5.74, 6) is 0.236. The van der Waals surface area contributed by atoms with Crippen LogP contribution in [0.15, 0.2) is 5.10 Å². The van der Waals surface area contributed by atoms with E-state index < -0.39 is 0 Å². The Kier molecular flexibility index (Phi) is 1.82. The Hall–Kier alpha value is -0.860. The molecule has 3 nitrogen and oxygen atoms in total. The summed E-state index contributed by atoms with van der Waals surface area (Å²) in [5.41, 5.74) is 2.32. The SMILES string of the molecule is CCC1[C]=NNC(=O)C1. The average molecular weight is 125 g/mol. The van der Waals surface area contributed by atoms with E-state index in [0.717, 1.165) is 6.42 Å². The van der Waals surface area contributed by atoms with Crippen LogP contribution in [0.4, 0.5) is 0 Å². The zero-order valence-electron chi connectivity index (χ0n) is 5.35. The fourth-order valence-corrected chi connectivity index (χ4v) is 0.737. The first-order valence-electron chi connectivity index (χ1n) is 3.07. The van der Waals surface area contributed by atoms with Crippen molar-refractivity contribution in [3.8, 4) is 0 Å². The van der Waals surface area contributed by atoms with Crippen LogP contribution in [-0.4, -0.2) is 12.1 Å². The average Bonchev–Trinajstić information content (AvgIpc) is 1.88. The minimum Gasteiger partial charge on any atom is -0.273 e. The summed E-state index contributed by atoms with van der Waals surface area (Å²) in [4.78, 5) is 10.6. The van der Waals surface area contributed by atoms with Gasteiger partial charge in [-0.1, -0.05) is 6.92 Å². The molecular formula is C6H9N2O. The topological polar surface area (TPSA) is 41.5 Å². The van der Waals surface area contributed by atoms with Crippen molar-refractivity contribution in [1.29, 1.82) is 0 Å². The molecule has 1 unspecified atom stereocenters. The first kappa shape index (κ1) is 6.26. The number of nitrogens with zero attached hydrogens (tertiary/aromatic N) is 1. The van der Waals surface area contributed by atoms with Crippen LogP contribution in [0.5, 0.6) is 0 Å². The van der Waals surface area contributed by atoms with Crippen molar-refractivity contribution in [2.45, 2.75) is 19.8 Å². The van der Waals surface area contributed by atoms with Gasteiger partial charge in [-0.2, -0.15) is 5.10 Å². The Labute approximate surface area is 54.1 Å². The van der Waals surface area contributed by atoms with Gasteiger partial charge in [0.15, 0.2) is 0 Å². The quantitative estimate of drug-likeness (QED) is 0.541. The summed E-state index contributed by atoms with van der Waals surface area (Å²) >= 11 is 0. The lowest BCUT2D eigenvalue weighted by Gasteiger charge is -2.10. The molecule has 0 saturated heterocycles. The van der Waals surface area contributed by atoms with Gasteiger partial charge in [0.1, 0.15) is 0 Å². The highest BCUT2D eigenvalue weighted by molar-refractivity contribution is 5.83. The highest BCUT2D eigenvalue weighted by Crippen LogP contribution is 2.07. The summed E-state index contributed by atoms with van der Waals surface area (Å²) in [6.07, 6.45) is 4.28. The van der Waals surface area contributed by atoms with Crippen molar-refractivity contribution in [2.24, 2.45) is 11.0 Å². The predicted octanol–water partition coefficient (Wildman–Crippen LogP) is 0.395. The van der Waals surface area contributed by atoms with Crippen LogP contribution >= 0.6 is 0 Å². The number of hydrazone groups is 1. The molecule has 1 aliphatic rings. The van der Waals surface area contributed by atoms with Gasteiger partial charge >= 0.3 is 0 Å². The molecule has 0 aromatic rings. The van der Waals surface area contributed by atoms with E-state index in [-0.39, 0.29) is 11.8 Å². The fraction of sp³-hybridized carbons (Fsp3) is 0.667. The van der Waals surface area contributed by atoms with Crippen LogP contribution in [0.25, 0.3) is 0 Å². The van der Waals surface area contributed by atoms with E-state index in [1.54, 1.807) is 0 Å². The summed E-state index contributed by atoms with van der Waals surface area (Å²) in [7, 11) is 0. The van der Waals surface area contributed by atoms with Crippen LogP contribution in [0, 0.1) is 5.92 Å². The van der Waals surface area contributed by atoms with Crippen LogP contribution in [0.3, 0.4) is 0 Å². The van der Waals surface area contributed by atoms with Crippen molar-refractivity contribution >= 4 is 12.1 Å². The molecule has 0 aliphatic carbocycles. The van der Waals surface area contributed by atoms with Gasteiger partial charge in [0.05, 0.1) is 6.21 Å². The zero-order chi connectivity index (χ0) is 6.69. The van der Waals surface area contributed by atoms with Crippen LogP contribution in [0.2, 0.25) is 0 Å². The lowest BCUT2D eigenvalue weighted by Crippen LogP contribution is -2.26. The van der Waals surface area contributed by atoms with Crippen molar-refractivity contribution in [2.75, 3.05) is 0 Å². The molecule has 0 saturated carbocycles. The fourth-order valence-electron chi connectivity index (χ4n) is 0.737. The van der Waals surface area contributed by atoms with Crippen molar-refractivity contribution in [1.82, 2.24) is 5.43 Å². The van der Waals surface area contributed by atoms with Gasteiger partial charge in [-0.05, 0) is 6.42 Å². The molecule has 3 heteroatoms. The van der Waals surface area contributed by atoms with Crippen LogP contribution < -0.4 is 5.43 Å². The number of hydrogen-bond acceptors (Lipinski definition) is 2. The maximum Gasteiger partial charge on any atom is 0.240 e.